The first-order valence-electron chi connectivity index (χ1n) is 4.41. The van der Waals surface area contributed by atoms with Crippen molar-refractivity contribution in [2.24, 2.45) is 0 Å². The van der Waals surface area contributed by atoms with Gasteiger partial charge in [-0.05, 0) is 0 Å². The fourth-order valence-electron chi connectivity index (χ4n) is 0. The van der Waals surface area contributed by atoms with E-state index in [-0.39, 0.29) is 34.0 Å². The lowest BCUT2D eigenvalue weighted by atomic mass is 10.6. The van der Waals surface area contributed by atoms with Gasteiger partial charge in [0.15, 0.2) is 0 Å². The summed E-state index contributed by atoms with van der Waals surface area (Å²) in [7, 11) is 12.5. The Morgan fingerprint density at radius 2 is 0.615 bits per heavy atom. The summed E-state index contributed by atoms with van der Waals surface area (Å²) in [5.74, 6) is 0. The van der Waals surface area contributed by atoms with Crippen LogP contribution < -0.4 is 43.8 Å². The van der Waals surface area contributed by atoms with Gasteiger partial charge in [0.1, 0.15) is 0 Å². The normalized spacial score (nSPS) is 6.92. The zero-order valence-corrected chi connectivity index (χ0v) is 13.6. The number of hydrogen-bond acceptors (Lipinski definition) is 0. The minimum absolute atomic E-state index is 0. The summed E-state index contributed by atoms with van der Waals surface area (Å²) in [6.07, 6.45) is 1.25. The summed E-state index contributed by atoms with van der Waals surface area (Å²) in [4.78, 5) is 2.83. The minimum Gasteiger partial charge on any atom is -1.00 e. The zero-order chi connectivity index (χ0) is 9.86. The van der Waals surface area contributed by atoms with Gasteiger partial charge in [-0.2, -0.15) is 0 Å². The summed E-state index contributed by atoms with van der Waals surface area (Å²) in [5, 5.41) is 0. The number of hydrogen-bond donors (Lipinski definition) is 2. The van der Waals surface area contributed by atoms with Gasteiger partial charge in [0.2, 0.25) is 0 Å². The van der Waals surface area contributed by atoms with E-state index in [0.29, 0.717) is 0 Å². The topological polar surface area (TPSA) is 8.88 Å². The van der Waals surface area contributed by atoms with E-state index in [9.17, 15) is 0 Å². The maximum atomic E-state index is 2.12. The highest BCUT2D eigenvalue weighted by Gasteiger charge is 1.61. The average Bonchev–Trinajstić information content (AvgIpc) is 1.60. The summed E-state index contributed by atoms with van der Waals surface area (Å²) in [5.41, 5.74) is 0. The summed E-state index contributed by atoms with van der Waals surface area (Å²) in [6, 6.07) is 0. The van der Waals surface area contributed by atoms with Crippen molar-refractivity contribution in [1.82, 2.24) is 0 Å². The second-order valence-corrected chi connectivity index (χ2v) is 3.71. The van der Waals surface area contributed by atoms with Crippen LogP contribution >= 0.6 is 0 Å². The molecule has 0 fully saturated rings. The fourth-order valence-corrected chi connectivity index (χ4v) is 0. The van der Waals surface area contributed by atoms with Crippen LogP contribution in [0.4, 0.5) is 0 Å². The quantitative estimate of drug-likeness (QED) is 0.438. The molecule has 2 N–H and O–H groups in total. The van der Waals surface area contributed by atoms with Crippen LogP contribution in [0.5, 0.6) is 0 Å². The van der Waals surface area contributed by atoms with Gasteiger partial charge in [-0.3, -0.25) is 0 Å². The van der Waals surface area contributed by atoms with E-state index >= 15 is 0 Å². The Labute approximate surface area is 106 Å². The molecular weight excluding hydrogens is 296 g/mol. The van der Waals surface area contributed by atoms with Gasteiger partial charge in [-0.15, -0.1) is 0 Å². The lowest BCUT2D eigenvalue weighted by molar-refractivity contribution is -0.836. The van der Waals surface area contributed by atoms with Crippen LogP contribution in [0.25, 0.3) is 0 Å². The van der Waals surface area contributed by atoms with E-state index in [0.717, 1.165) is 0 Å². The minimum atomic E-state index is 0. The van der Waals surface area contributed by atoms with Gasteiger partial charge < -0.3 is 43.8 Å². The molecule has 0 unspecified atom stereocenters. The first-order valence-corrected chi connectivity index (χ1v) is 4.41. The van der Waals surface area contributed by atoms with E-state index in [2.05, 4.69) is 56.1 Å². The maximum absolute atomic E-state index is 2.12. The van der Waals surface area contributed by atoms with Gasteiger partial charge in [0, 0.05) is 0 Å². The van der Waals surface area contributed by atoms with E-state index in [4.69, 9.17) is 0 Å². The molecule has 0 aliphatic heterocycles. The first kappa shape index (κ1) is 29.2. The fraction of sp³-hybridized carbons (Fsp3) is 1.00. The van der Waals surface area contributed by atoms with E-state index in [1.807, 2.05) is 0 Å². The molecule has 0 saturated carbocycles. The number of rotatable bonds is 0. The highest BCUT2D eigenvalue weighted by Crippen LogP contribution is 1.56. The molecular formula is C9H28Br2N2. The van der Waals surface area contributed by atoms with Gasteiger partial charge in [0.05, 0.1) is 42.3 Å². The van der Waals surface area contributed by atoms with Crippen LogP contribution in [-0.4, -0.2) is 42.3 Å². The van der Waals surface area contributed by atoms with Gasteiger partial charge in [-0.25, -0.2) is 0 Å². The Hall–Kier alpha value is 0.880. The molecule has 0 saturated heterocycles. The Balaban J connectivity index is -0.0000000231. The van der Waals surface area contributed by atoms with E-state index in [1.54, 1.807) is 0 Å². The van der Waals surface area contributed by atoms with Crippen molar-refractivity contribution in [3.63, 3.8) is 0 Å². The molecule has 0 rings (SSSR count). The first-order chi connectivity index (χ1) is 4.88. The molecule has 0 aliphatic carbocycles. The molecule has 0 spiro atoms. The third kappa shape index (κ3) is 1970. The lowest BCUT2D eigenvalue weighted by Gasteiger charge is -1.88. The molecule has 0 bridgehead atoms. The molecule has 0 aromatic rings. The standard InChI is InChI=1S/2C3H9N.C3H8.2BrH/c2*1-4(2)3;1-3-2;;/h2*1-3H3;3H2,1-2H3;2*1H. The molecule has 4 heteroatoms. The van der Waals surface area contributed by atoms with Crippen LogP contribution in [0.3, 0.4) is 0 Å². The van der Waals surface area contributed by atoms with Crippen LogP contribution in [0.1, 0.15) is 20.3 Å². The molecule has 0 heterocycles. The second kappa shape index (κ2) is 29.3. The van der Waals surface area contributed by atoms with Gasteiger partial charge in [0.25, 0.3) is 0 Å². The van der Waals surface area contributed by atoms with Crippen molar-refractivity contribution in [2.45, 2.75) is 20.3 Å². The van der Waals surface area contributed by atoms with E-state index in [1.165, 1.54) is 16.2 Å². The molecule has 0 aromatic carbocycles. The number of quaternary nitrogens is 2. The second-order valence-electron chi connectivity index (χ2n) is 3.71. The van der Waals surface area contributed by atoms with Gasteiger partial charge in [-0.1, -0.05) is 20.3 Å². The predicted molar refractivity (Wildman–Crippen MR) is 53.4 cm³/mol. The van der Waals surface area contributed by atoms with Crippen molar-refractivity contribution >= 4 is 0 Å². The predicted octanol–water partition coefficient (Wildman–Crippen LogP) is -7.05. The molecule has 0 aromatic heterocycles. The Morgan fingerprint density at radius 1 is 0.615 bits per heavy atom. The van der Waals surface area contributed by atoms with E-state index < -0.39 is 0 Å². The monoisotopic (exact) mass is 322 g/mol. The number of nitrogens with one attached hydrogen (secondary N) is 2. The van der Waals surface area contributed by atoms with Gasteiger partial charge >= 0.3 is 0 Å². The SMILES string of the molecule is CCC.C[NH+](C)C.C[NH+](C)C.[Br-].[Br-]. The summed E-state index contributed by atoms with van der Waals surface area (Å²) >= 11 is 0. The highest BCUT2D eigenvalue weighted by molar-refractivity contribution is 3.92. The summed E-state index contributed by atoms with van der Waals surface area (Å²) < 4.78 is 0. The summed E-state index contributed by atoms with van der Waals surface area (Å²) in [6.45, 7) is 4.25. The third-order valence-electron chi connectivity index (χ3n) is 0. The number of halogens is 2. The lowest BCUT2D eigenvalue weighted by Crippen LogP contribution is -3.02. The van der Waals surface area contributed by atoms with Crippen LogP contribution in [-0.2, 0) is 0 Å². The molecule has 13 heavy (non-hydrogen) atoms. The molecule has 0 amide bonds. The molecule has 2 nitrogen and oxygen atoms in total. The average molecular weight is 324 g/mol. The van der Waals surface area contributed by atoms with Crippen molar-refractivity contribution in [3.05, 3.63) is 0 Å². The molecule has 0 atom stereocenters. The Morgan fingerprint density at radius 3 is 0.615 bits per heavy atom. The largest absolute Gasteiger partial charge is 1.00 e. The van der Waals surface area contributed by atoms with Crippen molar-refractivity contribution in [1.29, 1.82) is 0 Å². The molecule has 0 radical (unpaired) electrons. The maximum Gasteiger partial charge on any atom is 0.0661 e. The van der Waals surface area contributed by atoms with Crippen LogP contribution in [0.2, 0.25) is 0 Å². The Bertz CT molecular complexity index is 39.4. The van der Waals surface area contributed by atoms with Crippen LogP contribution in [0, 0.1) is 0 Å². The third-order valence-corrected chi connectivity index (χ3v) is 0. The van der Waals surface area contributed by atoms with Crippen molar-refractivity contribution in [3.8, 4) is 0 Å². The van der Waals surface area contributed by atoms with Crippen LogP contribution in [0.15, 0.2) is 0 Å². The zero-order valence-electron chi connectivity index (χ0n) is 10.5. The van der Waals surface area contributed by atoms with Crippen molar-refractivity contribution < 1.29 is 43.8 Å². The molecule has 88 valence electrons. The highest BCUT2D eigenvalue weighted by atomic mass is 79.9. The molecule has 0 aliphatic rings. The smallest absolute Gasteiger partial charge is 0.0661 e. The van der Waals surface area contributed by atoms with Crippen molar-refractivity contribution in [2.75, 3.05) is 42.3 Å². The Kier molecular flexibility index (Phi) is 65.8.